The minimum atomic E-state index is -0.892. The number of nitro benzene ring substituents is 1. The summed E-state index contributed by atoms with van der Waals surface area (Å²) in [5, 5.41) is 15.8. The van der Waals surface area contributed by atoms with E-state index >= 15 is 0 Å². The van der Waals surface area contributed by atoms with E-state index in [1.165, 1.54) is 30.0 Å². The van der Waals surface area contributed by atoms with Gasteiger partial charge in [-0.25, -0.2) is 4.79 Å². The lowest BCUT2D eigenvalue weighted by atomic mass is 10.2. The minimum Gasteiger partial charge on any atom is -0.452 e. The summed E-state index contributed by atoms with van der Waals surface area (Å²) in [5.74, 6) is -2.27. The Morgan fingerprint density at radius 2 is 1.88 bits per heavy atom. The number of amides is 2. The van der Waals surface area contributed by atoms with Crippen molar-refractivity contribution in [3.8, 4) is 0 Å². The molecule has 2 aromatic carbocycles. The summed E-state index contributed by atoms with van der Waals surface area (Å²) in [6.07, 6.45) is 0. The zero-order chi connectivity index (χ0) is 23.3. The van der Waals surface area contributed by atoms with Gasteiger partial charge in [0.2, 0.25) is 0 Å². The molecule has 3 rings (SSSR count). The molecule has 0 saturated heterocycles. The van der Waals surface area contributed by atoms with Crippen molar-refractivity contribution in [3.05, 3.63) is 80.7 Å². The van der Waals surface area contributed by atoms with Crippen molar-refractivity contribution < 1.29 is 24.0 Å². The van der Waals surface area contributed by atoms with E-state index in [0.29, 0.717) is 4.90 Å². The Kier molecular flexibility index (Phi) is 7.23. The second kappa shape index (κ2) is 10.1. The Labute approximate surface area is 190 Å². The van der Waals surface area contributed by atoms with Gasteiger partial charge in [0.05, 0.1) is 20.9 Å². The number of hydrogen-bond acceptors (Lipinski definition) is 8. The number of benzene rings is 2. The smallest absolute Gasteiger partial charge is 0.338 e. The summed E-state index contributed by atoms with van der Waals surface area (Å²) < 4.78 is 4.95. The third kappa shape index (κ3) is 5.71. The molecule has 0 unspecified atom stereocenters. The lowest BCUT2D eigenvalue weighted by Gasteiger charge is -2.08. The van der Waals surface area contributed by atoms with E-state index in [2.05, 4.69) is 5.32 Å². The molecule has 11 heteroatoms. The average molecular weight is 472 g/mol. The molecule has 3 aromatic rings. The Bertz CT molecular complexity index is 1190. The number of nitro groups is 1. The standard InChI is InChI=1S/C21H17N3O6S2/c1-12-2-5-14(6-3-12)32-17-7-4-13(10-16(17)24(28)29)21(27)30-11-18(25)23-20-15(19(22)26)8-9-31-20/h2-10H,11H2,1H3,(H2,22,26)(H,23,25). The second-order valence-electron chi connectivity index (χ2n) is 6.51. The van der Waals surface area contributed by atoms with Gasteiger partial charge in [0.15, 0.2) is 6.61 Å². The fourth-order valence-corrected chi connectivity index (χ4v) is 4.29. The largest absolute Gasteiger partial charge is 0.452 e. The molecular formula is C21H17N3O6S2. The lowest BCUT2D eigenvalue weighted by Crippen LogP contribution is -2.22. The molecule has 1 aromatic heterocycles. The van der Waals surface area contributed by atoms with Gasteiger partial charge in [0.25, 0.3) is 17.5 Å². The summed E-state index contributed by atoms with van der Waals surface area (Å²) in [5.41, 5.74) is 6.11. The van der Waals surface area contributed by atoms with E-state index in [1.54, 1.807) is 5.38 Å². The number of hydrogen-bond donors (Lipinski definition) is 2. The Morgan fingerprint density at radius 3 is 2.53 bits per heavy atom. The Balaban J connectivity index is 1.67. The van der Waals surface area contributed by atoms with Crippen LogP contribution in [-0.2, 0) is 9.53 Å². The van der Waals surface area contributed by atoms with Crippen LogP contribution in [-0.4, -0.2) is 29.3 Å². The van der Waals surface area contributed by atoms with Crippen LogP contribution >= 0.6 is 23.1 Å². The molecule has 164 valence electrons. The number of esters is 1. The molecule has 0 atom stereocenters. The fourth-order valence-electron chi connectivity index (χ4n) is 2.58. The average Bonchev–Trinajstić information content (AvgIpc) is 3.22. The molecule has 1 heterocycles. The summed E-state index contributed by atoms with van der Waals surface area (Å²) in [6, 6.07) is 12.9. The van der Waals surface area contributed by atoms with Crippen LogP contribution in [0.4, 0.5) is 10.7 Å². The number of anilines is 1. The second-order valence-corrected chi connectivity index (χ2v) is 8.54. The molecule has 0 saturated carbocycles. The molecule has 0 fully saturated rings. The van der Waals surface area contributed by atoms with E-state index in [1.807, 2.05) is 31.2 Å². The van der Waals surface area contributed by atoms with Crippen molar-refractivity contribution in [3.63, 3.8) is 0 Å². The fraction of sp³-hybridized carbons (Fsp3) is 0.0952. The van der Waals surface area contributed by atoms with Crippen LogP contribution in [0.1, 0.15) is 26.3 Å². The van der Waals surface area contributed by atoms with Crippen molar-refractivity contribution in [2.24, 2.45) is 5.73 Å². The quantitative estimate of drug-likeness (QED) is 0.287. The predicted molar refractivity (Wildman–Crippen MR) is 120 cm³/mol. The van der Waals surface area contributed by atoms with E-state index in [0.717, 1.165) is 27.9 Å². The molecule has 3 N–H and O–H groups in total. The van der Waals surface area contributed by atoms with Crippen LogP contribution in [0.3, 0.4) is 0 Å². The zero-order valence-electron chi connectivity index (χ0n) is 16.7. The summed E-state index contributed by atoms with van der Waals surface area (Å²) in [6.45, 7) is 1.30. The summed E-state index contributed by atoms with van der Waals surface area (Å²) in [7, 11) is 0. The number of primary amides is 1. The molecule has 9 nitrogen and oxygen atoms in total. The molecule has 0 aliphatic carbocycles. The van der Waals surface area contributed by atoms with Gasteiger partial charge < -0.3 is 15.8 Å². The highest BCUT2D eigenvalue weighted by Crippen LogP contribution is 2.35. The van der Waals surface area contributed by atoms with Gasteiger partial charge in [-0.15, -0.1) is 11.3 Å². The topological polar surface area (TPSA) is 142 Å². The van der Waals surface area contributed by atoms with Crippen LogP contribution in [0.2, 0.25) is 0 Å². The van der Waals surface area contributed by atoms with E-state index in [-0.39, 0.29) is 21.8 Å². The number of nitrogens with two attached hydrogens (primary N) is 1. The Morgan fingerprint density at radius 1 is 1.16 bits per heavy atom. The van der Waals surface area contributed by atoms with Gasteiger partial charge in [-0.2, -0.15) is 0 Å². The molecule has 0 spiro atoms. The van der Waals surface area contributed by atoms with Crippen LogP contribution in [0.25, 0.3) is 0 Å². The van der Waals surface area contributed by atoms with Crippen molar-refractivity contribution >= 4 is 51.6 Å². The van der Waals surface area contributed by atoms with E-state index in [9.17, 15) is 24.5 Å². The van der Waals surface area contributed by atoms with Crippen molar-refractivity contribution in [1.29, 1.82) is 0 Å². The predicted octanol–water partition coefficient (Wildman–Crippen LogP) is 4.01. The molecular weight excluding hydrogens is 454 g/mol. The molecule has 0 bridgehead atoms. The van der Waals surface area contributed by atoms with Crippen molar-refractivity contribution in [1.82, 2.24) is 0 Å². The van der Waals surface area contributed by atoms with Gasteiger partial charge in [0, 0.05) is 11.0 Å². The maximum Gasteiger partial charge on any atom is 0.338 e. The first-order valence-corrected chi connectivity index (χ1v) is 10.8. The highest BCUT2D eigenvalue weighted by molar-refractivity contribution is 7.99. The molecule has 0 aliphatic rings. The lowest BCUT2D eigenvalue weighted by molar-refractivity contribution is -0.387. The maximum atomic E-state index is 12.3. The number of carbonyl (C=O) groups excluding carboxylic acids is 3. The number of rotatable bonds is 8. The van der Waals surface area contributed by atoms with Crippen LogP contribution in [0, 0.1) is 17.0 Å². The monoisotopic (exact) mass is 471 g/mol. The first-order chi connectivity index (χ1) is 15.2. The summed E-state index contributed by atoms with van der Waals surface area (Å²) in [4.78, 5) is 47.7. The van der Waals surface area contributed by atoms with Crippen LogP contribution < -0.4 is 11.1 Å². The first-order valence-electron chi connectivity index (χ1n) is 9.12. The Hall–Kier alpha value is -3.70. The van der Waals surface area contributed by atoms with Crippen molar-refractivity contribution in [2.75, 3.05) is 11.9 Å². The van der Waals surface area contributed by atoms with Gasteiger partial charge in [0.1, 0.15) is 5.00 Å². The highest BCUT2D eigenvalue weighted by atomic mass is 32.2. The number of nitrogens with one attached hydrogen (secondary N) is 1. The first kappa shape index (κ1) is 23.0. The number of nitrogens with zero attached hydrogens (tertiary/aromatic N) is 1. The maximum absolute atomic E-state index is 12.3. The number of thiophene rings is 1. The molecule has 0 radical (unpaired) electrons. The number of ether oxygens (including phenoxy) is 1. The normalized spacial score (nSPS) is 10.4. The zero-order valence-corrected chi connectivity index (χ0v) is 18.3. The molecule has 2 amide bonds. The van der Waals surface area contributed by atoms with Gasteiger partial charge >= 0.3 is 5.97 Å². The minimum absolute atomic E-state index is 0.0632. The number of aryl methyl sites for hydroxylation is 1. The molecule has 32 heavy (non-hydrogen) atoms. The molecule has 0 aliphatic heterocycles. The highest BCUT2D eigenvalue weighted by Gasteiger charge is 2.20. The van der Waals surface area contributed by atoms with E-state index in [4.69, 9.17) is 10.5 Å². The van der Waals surface area contributed by atoms with Crippen LogP contribution in [0.15, 0.2) is 63.7 Å². The van der Waals surface area contributed by atoms with Gasteiger partial charge in [-0.05, 0) is 42.6 Å². The summed E-state index contributed by atoms with van der Waals surface area (Å²) >= 11 is 2.30. The van der Waals surface area contributed by atoms with Gasteiger partial charge in [-0.1, -0.05) is 29.5 Å². The SMILES string of the molecule is Cc1ccc(Sc2ccc(C(=O)OCC(=O)Nc3sccc3C(N)=O)cc2[N+](=O)[O-])cc1. The van der Waals surface area contributed by atoms with Gasteiger partial charge in [-0.3, -0.25) is 19.7 Å². The van der Waals surface area contributed by atoms with Crippen molar-refractivity contribution in [2.45, 2.75) is 16.7 Å². The third-order valence-corrected chi connectivity index (χ3v) is 6.06. The third-order valence-electron chi connectivity index (χ3n) is 4.16. The number of carbonyl (C=O) groups is 3. The van der Waals surface area contributed by atoms with Crippen LogP contribution in [0.5, 0.6) is 0 Å². The van der Waals surface area contributed by atoms with E-state index < -0.39 is 29.3 Å².